The van der Waals surface area contributed by atoms with E-state index in [0.29, 0.717) is 13.0 Å². The maximum Gasteiger partial charge on any atom is 0.328 e. The molecule has 32 heavy (non-hydrogen) atoms. The molecule has 0 bridgehead atoms. The van der Waals surface area contributed by atoms with Gasteiger partial charge in [-0.25, -0.2) is 4.79 Å². The lowest BCUT2D eigenvalue weighted by Crippen LogP contribution is -2.42. The lowest BCUT2D eigenvalue weighted by molar-refractivity contribution is -0.144. The summed E-state index contributed by atoms with van der Waals surface area (Å²) in [6.45, 7) is 0.478. The SMILES string of the molecule is COC(=O)[C@H](Cc1ccc(OCc2ccccc2)cc1)NC(=O)C=Cc1cccc(Br)c1. The molecule has 0 aliphatic heterocycles. The van der Waals surface area contributed by atoms with Gasteiger partial charge in [-0.1, -0.05) is 70.5 Å². The van der Waals surface area contributed by atoms with Crippen LogP contribution < -0.4 is 10.1 Å². The molecule has 3 aromatic carbocycles. The Morgan fingerprint density at radius 1 is 0.969 bits per heavy atom. The van der Waals surface area contributed by atoms with Crippen LogP contribution in [0.2, 0.25) is 0 Å². The molecular formula is C26H24BrNO4. The van der Waals surface area contributed by atoms with Crippen LogP contribution >= 0.6 is 15.9 Å². The maximum absolute atomic E-state index is 12.4. The highest BCUT2D eigenvalue weighted by Gasteiger charge is 2.21. The number of carbonyl (C=O) groups excluding carboxylic acids is 2. The molecule has 0 aliphatic rings. The van der Waals surface area contributed by atoms with E-state index in [0.717, 1.165) is 26.9 Å². The Balaban J connectivity index is 1.58. The van der Waals surface area contributed by atoms with E-state index in [-0.39, 0.29) is 5.91 Å². The molecule has 5 nitrogen and oxygen atoms in total. The highest BCUT2D eigenvalue weighted by molar-refractivity contribution is 9.10. The third-order valence-corrected chi connectivity index (χ3v) is 5.18. The van der Waals surface area contributed by atoms with Crippen LogP contribution in [0.1, 0.15) is 16.7 Å². The molecule has 3 aromatic rings. The predicted octanol–water partition coefficient (Wildman–Crippen LogP) is 4.94. The van der Waals surface area contributed by atoms with Gasteiger partial charge in [-0.05, 0) is 47.0 Å². The third kappa shape index (κ3) is 7.39. The second-order valence-electron chi connectivity index (χ2n) is 7.10. The third-order valence-electron chi connectivity index (χ3n) is 4.69. The van der Waals surface area contributed by atoms with Crippen LogP contribution in [0.25, 0.3) is 6.08 Å². The summed E-state index contributed by atoms with van der Waals surface area (Å²) in [7, 11) is 1.30. The van der Waals surface area contributed by atoms with Crippen LogP contribution in [0.5, 0.6) is 5.75 Å². The Morgan fingerprint density at radius 3 is 2.41 bits per heavy atom. The number of nitrogens with one attached hydrogen (secondary N) is 1. The van der Waals surface area contributed by atoms with Gasteiger partial charge in [0.15, 0.2) is 0 Å². The Hall–Kier alpha value is -3.38. The normalized spacial score (nSPS) is 11.7. The van der Waals surface area contributed by atoms with Crippen molar-refractivity contribution < 1.29 is 19.1 Å². The second-order valence-corrected chi connectivity index (χ2v) is 8.01. The van der Waals surface area contributed by atoms with Gasteiger partial charge in [0, 0.05) is 17.0 Å². The fourth-order valence-corrected chi connectivity index (χ4v) is 3.45. The molecule has 1 amide bonds. The number of hydrogen-bond acceptors (Lipinski definition) is 4. The number of carbonyl (C=O) groups is 2. The lowest BCUT2D eigenvalue weighted by Gasteiger charge is -2.16. The molecule has 0 saturated heterocycles. The number of halogens is 1. The first kappa shape index (κ1) is 23.3. The highest BCUT2D eigenvalue weighted by atomic mass is 79.9. The quantitative estimate of drug-likeness (QED) is 0.338. The van der Waals surface area contributed by atoms with E-state index in [4.69, 9.17) is 9.47 Å². The molecule has 0 heterocycles. The van der Waals surface area contributed by atoms with E-state index >= 15 is 0 Å². The van der Waals surface area contributed by atoms with Crippen molar-refractivity contribution in [2.75, 3.05) is 7.11 Å². The fraction of sp³-hybridized carbons (Fsp3) is 0.154. The molecule has 0 aromatic heterocycles. The smallest absolute Gasteiger partial charge is 0.328 e. The standard InChI is InChI=1S/C26H24BrNO4/c1-31-26(30)24(28-25(29)15-12-19-8-5-9-22(27)16-19)17-20-10-13-23(14-11-20)32-18-21-6-3-2-4-7-21/h2-16,24H,17-18H2,1H3,(H,28,29)/t24-/m0/s1. The van der Waals surface area contributed by atoms with E-state index in [1.807, 2.05) is 78.9 Å². The number of methoxy groups -OCH3 is 1. The Labute approximate surface area is 196 Å². The van der Waals surface area contributed by atoms with E-state index in [2.05, 4.69) is 21.2 Å². The van der Waals surface area contributed by atoms with Crippen LogP contribution in [0.4, 0.5) is 0 Å². The summed E-state index contributed by atoms with van der Waals surface area (Å²) in [4.78, 5) is 24.6. The second kappa shape index (κ2) is 11.9. The summed E-state index contributed by atoms with van der Waals surface area (Å²) in [5.74, 6) is -0.144. The summed E-state index contributed by atoms with van der Waals surface area (Å²) in [5, 5.41) is 2.72. The average molecular weight is 494 g/mol. The molecule has 0 spiro atoms. The predicted molar refractivity (Wildman–Crippen MR) is 128 cm³/mol. The molecule has 0 fully saturated rings. The van der Waals surface area contributed by atoms with Gasteiger partial charge in [0.2, 0.25) is 5.91 Å². The molecule has 1 atom stereocenters. The van der Waals surface area contributed by atoms with E-state index in [1.54, 1.807) is 6.08 Å². The van der Waals surface area contributed by atoms with Crippen LogP contribution in [-0.2, 0) is 27.4 Å². The number of hydrogen-bond donors (Lipinski definition) is 1. The van der Waals surface area contributed by atoms with Gasteiger partial charge in [0.1, 0.15) is 18.4 Å². The highest BCUT2D eigenvalue weighted by Crippen LogP contribution is 2.16. The Kier molecular flexibility index (Phi) is 8.63. The number of esters is 1. The summed E-state index contributed by atoms with van der Waals surface area (Å²) in [6, 6.07) is 24.1. The maximum atomic E-state index is 12.4. The molecule has 0 saturated carbocycles. The number of benzene rings is 3. The molecule has 0 aliphatic carbocycles. The summed E-state index contributed by atoms with van der Waals surface area (Å²) in [5.41, 5.74) is 2.83. The van der Waals surface area contributed by atoms with Crippen LogP contribution in [0, 0.1) is 0 Å². The van der Waals surface area contributed by atoms with Crippen molar-refractivity contribution in [1.82, 2.24) is 5.32 Å². The Bertz CT molecular complexity index is 1060. The molecule has 1 N–H and O–H groups in total. The monoisotopic (exact) mass is 493 g/mol. The minimum atomic E-state index is -0.796. The van der Waals surface area contributed by atoms with Crippen molar-refractivity contribution in [1.29, 1.82) is 0 Å². The minimum Gasteiger partial charge on any atom is -0.489 e. The molecule has 0 radical (unpaired) electrons. The van der Waals surface area contributed by atoms with Crippen LogP contribution in [0.15, 0.2) is 89.4 Å². The van der Waals surface area contributed by atoms with Gasteiger partial charge in [-0.3, -0.25) is 4.79 Å². The van der Waals surface area contributed by atoms with Gasteiger partial charge in [0.25, 0.3) is 0 Å². The zero-order valence-corrected chi connectivity index (χ0v) is 19.2. The average Bonchev–Trinajstić information content (AvgIpc) is 2.82. The van der Waals surface area contributed by atoms with E-state index in [9.17, 15) is 9.59 Å². The van der Waals surface area contributed by atoms with Crippen LogP contribution in [-0.4, -0.2) is 25.0 Å². The van der Waals surface area contributed by atoms with Gasteiger partial charge in [-0.15, -0.1) is 0 Å². The number of ether oxygens (including phenoxy) is 2. The van der Waals surface area contributed by atoms with Gasteiger partial charge in [0.05, 0.1) is 7.11 Å². The molecule has 3 rings (SSSR count). The summed E-state index contributed by atoms with van der Waals surface area (Å²) in [6.07, 6.45) is 3.40. The van der Waals surface area contributed by atoms with Crippen molar-refractivity contribution in [3.8, 4) is 5.75 Å². The van der Waals surface area contributed by atoms with Crippen molar-refractivity contribution >= 4 is 33.9 Å². The fourth-order valence-electron chi connectivity index (χ4n) is 3.04. The minimum absolute atomic E-state index is 0.308. The largest absolute Gasteiger partial charge is 0.489 e. The Morgan fingerprint density at radius 2 is 1.72 bits per heavy atom. The molecular weight excluding hydrogens is 470 g/mol. The first-order valence-corrected chi connectivity index (χ1v) is 10.9. The van der Waals surface area contributed by atoms with Crippen molar-refractivity contribution in [3.63, 3.8) is 0 Å². The van der Waals surface area contributed by atoms with E-state index < -0.39 is 12.0 Å². The molecule has 6 heteroatoms. The zero-order chi connectivity index (χ0) is 22.8. The van der Waals surface area contributed by atoms with Crippen molar-refractivity contribution in [2.45, 2.75) is 19.1 Å². The van der Waals surface area contributed by atoms with Crippen LogP contribution in [0.3, 0.4) is 0 Å². The van der Waals surface area contributed by atoms with Crippen molar-refractivity contribution in [2.24, 2.45) is 0 Å². The van der Waals surface area contributed by atoms with Gasteiger partial charge in [-0.2, -0.15) is 0 Å². The molecule has 164 valence electrons. The zero-order valence-electron chi connectivity index (χ0n) is 17.7. The molecule has 0 unspecified atom stereocenters. The van der Waals surface area contributed by atoms with Crippen molar-refractivity contribution in [3.05, 3.63) is 106 Å². The topological polar surface area (TPSA) is 64.6 Å². The number of rotatable bonds is 9. The summed E-state index contributed by atoms with van der Waals surface area (Å²) >= 11 is 3.40. The summed E-state index contributed by atoms with van der Waals surface area (Å²) < 4.78 is 11.6. The first-order valence-electron chi connectivity index (χ1n) is 10.1. The number of amides is 1. The first-order chi connectivity index (χ1) is 15.5. The lowest BCUT2D eigenvalue weighted by atomic mass is 10.1. The van der Waals surface area contributed by atoms with Gasteiger partial charge < -0.3 is 14.8 Å². The van der Waals surface area contributed by atoms with E-state index in [1.165, 1.54) is 13.2 Å². The van der Waals surface area contributed by atoms with Gasteiger partial charge >= 0.3 is 5.97 Å².